The third-order valence-corrected chi connectivity index (χ3v) is 6.96. The molecule has 2 aliphatic rings. The average molecular weight is 420 g/mol. The van der Waals surface area contributed by atoms with Crippen molar-refractivity contribution in [2.24, 2.45) is 5.92 Å². The minimum atomic E-state index is 0.313. The van der Waals surface area contributed by atoms with Crippen LogP contribution in [0.4, 0.5) is 5.69 Å². The van der Waals surface area contributed by atoms with Crippen molar-refractivity contribution < 1.29 is 4.79 Å². The van der Waals surface area contributed by atoms with Gasteiger partial charge in [-0.05, 0) is 50.8 Å². The van der Waals surface area contributed by atoms with Gasteiger partial charge in [0.25, 0.3) is 0 Å². The van der Waals surface area contributed by atoms with Gasteiger partial charge in [-0.25, -0.2) is 0 Å². The van der Waals surface area contributed by atoms with E-state index in [0.717, 1.165) is 80.8 Å². The average Bonchev–Trinajstić information content (AvgIpc) is 2.79. The van der Waals surface area contributed by atoms with Crippen LogP contribution in [0.3, 0.4) is 0 Å². The molecule has 31 heavy (non-hydrogen) atoms. The SMILES string of the molecule is CCN1CCN(C(=O)CC2CCN(c3c(C#N)cnc4c(C)cc(C)cc34)CC2)CC1. The number of fused-ring (bicyclic) bond motifs is 1. The van der Waals surface area contributed by atoms with E-state index in [-0.39, 0.29) is 0 Å². The van der Waals surface area contributed by atoms with E-state index < -0.39 is 0 Å². The molecular weight excluding hydrogens is 386 g/mol. The Bertz CT molecular complexity index is 995. The summed E-state index contributed by atoms with van der Waals surface area (Å²) >= 11 is 0. The van der Waals surface area contributed by atoms with Crippen molar-refractivity contribution in [2.45, 2.75) is 40.0 Å². The van der Waals surface area contributed by atoms with E-state index in [2.05, 4.69) is 53.8 Å². The van der Waals surface area contributed by atoms with Crippen LogP contribution in [0.15, 0.2) is 18.3 Å². The summed E-state index contributed by atoms with van der Waals surface area (Å²) < 4.78 is 0. The molecule has 0 bridgehead atoms. The Labute approximate surface area is 185 Å². The summed E-state index contributed by atoms with van der Waals surface area (Å²) in [6, 6.07) is 6.64. The first kappa shape index (κ1) is 21.6. The van der Waals surface area contributed by atoms with E-state index in [1.807, 2.05) is 4.90 Å². The van der Waals surface area contributed by atoms with Crippen LogP contribution in [0.2, 0.25) is 0 Å². The molecule has 1 amide bonds. The van der Waals surface area contributed by atoms with E-state index in [9.17, 15) is 10.1 Å². The van der Waals surface area contributed by atoms with Crippen molar-refractivity contribution in [3.05, 3.63) is 35.0 Å². The minimum Gasteiger partial charge on any atom is -0.370 e. The molecule has 2 aromatic rings. The Hall–Kier alpha value is -2.65. The van der Waals surface area contributed by atoms with Gasteiger partial charge in [0.2, 0.25) is 5.91 Å². The largest absolute Gasteiger partial charge is 0.370 e. The lowest BCUT2D eigenvalue weighted by atomic mass is 9.91. The summed E-state index contributed by atoms with van der Waals surface area (Å²) in [7, 11) is 0. The van der Waals surface area contributed by atoms with Gasteiger partial charge in [-0.3, -0.25) is 9.78 Å². The van der Waals surface area contributed by atoms with E-state index in [1.54, 1.807) is 6.20 Å². The molecule has 0 unspecified atom stereocenters. The second kappa shape index (κ2) is 9.23. The number of likely N-dealkylation sites (N-methyl/N-ethyl adjacent to an activating group) is 1. The zero-order valence-corrected chi connectivity index (χ0v) is 19.0. The number of anilines is 1. The molecule has 0 atom stereocenters. The van der Waals surface area contributed by atoms with Gasteiger partial charge >= 0.3 is 0 Å². The van der Waals surface area contributed by atoms with Crippen LogP contribution in [0, 0.1) is 31.1 Å². The first-order chi connectivity index (χ1) is 15.0. The number of piperidine rings is 1. The molecule has 0 spiro atoms. The van der Waals surface area contributed by atoms with Crippen molar-refractivity contribution >= 4 is 22.5 Å². The van der Waals surface area contributed by atoms with Crippen LogP contribution in [0.1, 0.15) is 42.9 Å². The number of aromatic nitrogens is 1. The van der Waals surface area contributed by atoms with Crippen molar-refractivity contribution in [3.63, 3.8) is 0 Å². The van der Waals surface area contributed by atoms with Gasteiger partial charge in [-0.15, -0.1) is 0 Å². The van der Waals surface area contributed by atoms with Crippen molar-refractivity contribution in [2.75, 3.05) is 50.7 Å². The lowest BCUT2D eigenvalue weighted by Crippen LogP contribution is -2.49. The highest BCUT2D eigenvalue weighted by atomic mass is 16.2. The fourth-order valence-electron chi connectivity index (χ4n) is 5.12. The van der Waals surface area contributed by atoms with Crippen LogP contribution in [0.5, 0.6) is 0 Å². The molecule has 6 nitrogen and oxygen atoms in total. The Balaban J connectivity index is 1.44. The second-order valence-corrected chi connectivity index (χ2v) is 9.06. The van der Waals surface area contributed by atoms with Gasteiger partial charge in [-0.1, -0.05) is 18.6 Å². The lowest BCUT2D eigenvalue weighted by molar-refractivity contribution is -0.134. The second-order valence-electron chi connectivity index (χ2n) is 9.06. The fourth-order valence-corrected chi connectivity index (χ4v) is 5.12. The molecule has 0 radical (unpaired) electrons. The van der Waals surface area contributed by atoms with Crippen molar-refractivity contribution in [1.29, 1.82) is 5.26 Å². The quantitative estimate of drug-likeness (QED) is 0.759. The Morgan fingerprint density at radius 2 is 1.84 bits per heavy atom. The summed E-state index contributed by atoms with van der Waals surface area (Å²) in [5.74, 6) is 0.739. The third-order valence-electron chi connectivity index (χ3n) is 6.96. The predicted molar refractivity (Wildman–Crippen MR) is 124 cm³/mol. The number of aryl methyl sites for hydroxylation is 2. The first-order valence-corrected chi connectivity index (χ1v) is 11.5. The van der Waals surface area contributed by atoms with Crippen LogP contribution in [-0.2, 0) is 4.79 Å². The smallest absolute Gasteiger partial charge is 0.222 e. The number of carbonyl (C=O) groups is 1. The molecule has 0 N–H and O–H groups in total. The van der Waals surface area contributed by atoms with Gasteiger partial charge in [-0.2, -0.15) is 5.26 Å². The van der Waals surface area contributed by atoms with Crippen molar-refractivity contribution in [3.8, 4) is 6.07 Å². The molecule has 1 aromatic heterocycles. The van der Waals surface area contributed by atoms with E-state index in [0.29, 0.717) is 23.8 Å². The number of benzene rings is 1. The van der Waals surface area contributed by atoms with E-state index >= 15 is 0 Å². The Morgan fingerprint density at radius 3 is 2.48 bits per heavy atom. The number of pyridine rings is 1. The maximum Gasteiger partial charge on any atom is 0.222 e. The van der Waals surface area contributed by atoms with E-state index in [1.165, 1.54) is 5.56 Å². The number of hydrogen-bond acceptors (Lipinski definition) is 5. The molecule has 164 valence electrons. The summed E-state index contributed by atoms with van der Waals surface area (Å²) in [5, 5.41) is 10.8. The van der Waals surface area contributed by atoms with Gasteiger partial charge in [0, 0.05) is 57.3 Å². The number of nitriles is 1. The molecular formula is C25H33N5O. The summed E-state index contributed by atoms with van der Waals surface area (Å²) in [6.07, 6.45) is 4.34. The number of amides is 1. The molecule has 2 fully saturated rings. The first-order valence-electron chi connectivity index (χ1n) is 11.5. The van der Waals surface area contributed by atoms with Gasteiger partial charge in [0.05, 0.1) is 16.8 Å². The molecule has 3 heterocycles. The van der Waals surface area contributed by atoms with E-state index in [4.69, 9.17) is 0 Å². The molecule has 0 aliphatic carbocycles. The standard InChI is InChI=1S/C25H33N5O/c1-4-28-9-11-29(12-10-28)23(31)15-20-5-7-30(8-6-20)25-21(16-26)17-27-24-19(3)13-18(2)14-22(24)25/h13-14,17,20H,4-12,15H2,1-3H3. The number of piperazine rings is 1. The summed E-state index contributed by atoms with van der Waals surface area (Å²) in [5.41, 5.74) is 4.96. The third kappa shape index (κ3) is 4.52. The van der Waals surface area contributed by atoms with Crippen LogP contribution in [-0.4, -0.2) is 66.5 Å². The maximum atomic E-state index is 12.8. The van der Waals surface area contributed by atoms with Crippen LogP contribution >= 0.6 is 0 Å². The topological polar surface area (TPSA) is 63.5 Å². The monoisotopic (exact) mass is 419 g/mol. The van der Waals surface area contributed by atoms with Gasteiger partial charge in [0.1, 0.15) is 6.07 Å². The Morgan fingerprint density at radius 1 is 1.13 bits per heavy atom. The number of nitrogens with zero attached hydrogens (tertiary/aromatic N) is 5. The van der Waals surface area contributed by atoms with Crippen LogP contribution in [0.25, 0.3) is 10.9 Å². The molecule has 2 aliphatic heterocycles. The summed E-state index contributed by atoms with van der Waals surface area (Å²) in [6.45, 7) is 12.9. The molecule has 4 rings (SSSR count). The minimum absolute atomic E-state index is 0.313. The molecule has 0 saturated carbocycles. The molecule has 6 heteroatoms. The number of rotatable bonds is 4. The highest BCUT2D eigenvalue weighted by molar-refractivity contribution is 5.96. The lowest BCUT2D eigenvalue weighted by Gasteiger charge is -2.37. The zero-order valence-electron chi connectivity index (χ0n) is 19.0. The predicted octanol–water partition coefficient (Wildman–Crippen LogP) is 3.49. The Kier molecular flexibility index (Phi) is 6.43. The van der Waals surface area contributed by atoms with Crippen LogP contribution < -0.4 is 4.90 Å². The fraction of sp³-hybridized carbons (Fsp3) is 0.560. The zero-order chi connectivity index (χ0) is 22.0. The van der Waals surface area contributed by atoms with Gasteiger partial charge in [0.15, 0.2) is 0 Å². The summed E-state index contributed by atoms with van der Waals surface area (Å²) in [4.78, 5) is 24.2. The maximum absolute atomic E-state index is 12.8. The number of hydrogen-bond donors (Lipinski definition) is 0. The number of carbonyl (C=O) groups excluding carboxylic acids is 1. The molecule has 2 saturated heterocycles. The highest BCUT2D eigenvalue weighted by Crippen LogP contribution is 2.35. The van der Waals surface area contributed by atoms with Gasteiger partial charge < -0.3 is 14.7 Å². The van der Waals surface area contributed by atoms with Crippen molar-refractivity contribution in [1.82, 2.24) is 14.8 Å². The normalized spacial score (nSPS) is 18.4. The molecule has 1 aromatic carbocycles. The highest BCUT2D eigenvalue weighted by Gasteiger charge is 2.27.